The van der Waals surface area contributed by atoms with Gasteiger partial charge in [-0.2, -0.15) is 0 Å². The summed E-state index contributed by atoms with van der Waals surface area (Å²) in [5.41, 5.74) is 0.260. The van der Waals surface area contributed by atoms with E-state index in [1.807, 2.05) is 20.8 Å². The zero-order valence-corrected chi connectivity index (χ0v) is 12.2. The van der Waals surface area contributed by atoms with Crippen LogP contribution in [-0.4, -0.2) is 30.2 Å². The van der Waals surface area contributed by atoms with Crippen LogP contribution in [0.3, 0.4) is 0 Å². The molecule has 0 spiro atoms. The van der Waals surface area contributed by atoms with E-state index in [4.69, 9.17) is 5.11 Å². The van der Waals surface area contributed by atoms with Crippen LogP contribution in [-0.2, 0) is 11.3 Å². The fourth-order valence-electron chi connectivity index (χ4n) is 1.93. The second-order valence-electron chi connectivity index (χ2n) is 5.86. The summed E-state index contributed by atoms with van der Waals surface area (Å²) in [6.45, 7) is 7.17. The molecule has 0 unspecified atom stereocenters. The van der Waals surface area contributed by atoms with E-state index in [-0.39, 0.29) is 11.2 Å². The first-order valence-corrected chi connectivity index (χ1v) is 6.72. The molecule has 5 heteroatoms. The molecule has 0 saturated heterocycles. The highest BCUT2D eigenvalue weighted by molar-refractivity contribution is 5.74. The molecule has 112 valence electrons. The molecule has 0 aliphatic heterocycles. The number of benzene rings is 1. The number of carbonyl (C=O) groups is 1. The molecule has 20 heavy (non-hydrogen) atoms. The van der Waals surface area contributed by atoms with Crippen LogP contribution in [0.25, 0.3) is 0 Å². The van der Waals surface area contributed by atoms with Gasteiger partial charge < -0.3 is 15.7 Å². The van der Waals surface area contributed by atoms with Crippen LogP contribution in [0.5, 0.6) is 0 Å². The normalized spacial score (nSPS) is 13.2. The molecule has 0 saturated carbocycles. The SMILES string of the molecule is CC(C)(C)[C@H](NCCNCc1ccccc1F)C(=O)O. The molecule has 0 aromatic heterocycles. The second kappa shape index (κ2) is 7.36. The summed E-state index contributed by atoms with van der Waals surface area (Å²) in [4.78, 5) is 11.1. The van der Waals surface area contributed by atoms with Crippen molar-refractivity contribution < 1.29 is 14.3 Å². The molecule has 1 aromatic rings. The van der Waals surface area contributed by atoms with E-state index in [0.29, 0.717) is 25.2 Å². The summed E-state index contributed by atoms with van der Waals surface area (Å²) in [6.07, 6.45) is 0. The summed E-state index contributed by atoms with van der Waals surface area (Å²) in [5, 5.41) is 15.2. The summed E-state index contributed by atoms with van der Waals surface area (Å²) in [5.74, 6) is -1.09. The van der Waals surface area contributed by atoms with Gasteiger partial charge in [-0.3, -0.25) is 4.79 Å². The third-order valence-corrected chi connectivity index (χ3v) is 3.04. The molecule has 0 heterocycles. The fraction of sp³-hybridized carbons (Fsp3) is 0.533. The summed E-state index contributed by atoms with van der Waals surface area (Å²) in [7, 11) is 0. The van der Waals surface area contributed by atoms with Gasteiger partial charge in [0.1, 0.15) is 11.9 Å². The number of hydrogen-bond donors (Lipinski definition) is 3. The van der Waals surface area contributed by atoms with Crippen molar-refractivity contribution in [3.8, 4) is 0 Å². The molecule has 0 aliphatic rings. The first-order valence-electron chi connectivity index (χ1n) is 6.72. The minimum Gasteiger partial charge on any atom is -0.480 e. The molecule has 0 amide bonds. The number of rotatable bonds is 7. The lowest BCUT2D eigenvalue weighted by atomic mass is 9.87. The smallest absolute Gasteiger partial charge is 0.321 e. The van der Waals surface area contributed by atoms with E-state index in [2.05, 4.69) is 10.6 Å². The predicted octanol–water partition coefficient (Wildman–Crippen LogP) is 2.00. The minimum absolute atomic E-state index is 0.230. The number of carboxylic acids is 1. The van der Waals surface area contributed by atoms with E-state index in [9.17, 15) is 9.18 Å². The van der Waals surface area contributed by atoms with Gasteiger partial charge in [-0.25, -0.2) is 4.39 Å². The maximum Gasteiger partial charge on any atom is 0.321 e. The zero-order valence-electron chi connectivity index (χ0n) is 12.2. The van der Waals surface area contributed by atoms with Crippen molar-refractivity contribution in [3.05, 3.63) is 35.6 Å². The van der Waals surface area contributed by atoms with Crippen LogP contribution in [0.4, 0.5) is 4.39 Å². The molecular formula is C15H23FN2O2. The highest BCUT2D eigenvalue weighted by atomic mass is 19.1. The van der Waals surface area contributed by atoms with Crippen molar-refractivity contribution in [3.63, 3.8) is 0 Å². The minimum atomic E-state index is -0.855. The second-order valence-corrected chi connectivity index (χ2v) is 5.86. The topological polar surface area (TPSA) is 61.4 Å². The van der Waals surface area contributed by atoms with Gasteiger partial charge in [0.05, 0.1) is 0 Å². The fourth-order valence-corrected chi connectivity index (χ4v) is 1.93. The highest BCUT2D eigenvalue weighted by Crippen LogP contribution is 2.19. The Bertz CT molecular complexity index is 444. The van der Waals surface area contributed by atoms with Crippen molar-refractivity contribution in [2.45, 2.75) is 33.4 Å². The Hall–Kier alpha value is -1.46. The monoisotopic (exact) mass is 282 g/mol. The first kappa shape index (κ1) is 16.6. The predicted molar refractivity (Wildman–Crippen MR) is 77.0 cm³/mol. The molecular weight excluding hydrogens is 259 g/mol. The van der Waals surface area contributed by atoms with Gasteiger partial charge in [-0.1, -0.05) is 39.0 Å². The largest absolute Gasteiger partial charge is 0.480 e. The molecule has 0 bridgehead atoms. The number of halogens is 1. The van der Waals surface area contributed by atoms with Crippen LogP contribution >= 0.6 is 0 Å². The quantitative estimate of drug-likeness (QED) is 0.669. The average molecular weight is 282 g/mol. The summed E-state index contributed by atoms with van der Waals surface area (Å²) >= 11 is 0. The Morgan fingerprint density at radius 2 is 1.95 bits per heavy atom. The van der Waals surface area contributed by atoms with Crippen LogP contribution in [0.1, 0.15) is 26.3 Å². The molecule has 4 nitrogen and oxygen atoms in total. The average Bonchev–Trinajstić information content (AvgIpc) is 2.33. The van der Waals surface area contributed by atoms with Gasteiger partial charge >= 0.3 is 5.97 Å². The van der Waals surface area contributed by atoms with Gasteiger partial charge in [-0.15, -0.1) is 0 Å². The van der Waals surface area contributed by atoms with Crippen molar-refractivity contribution in [2.24, 2.45) is 5.41 Å². The van der Waals surface area contributed by atoms with Gasteiger partial charge in [0.25, 0.3) is 0 Å². The van der Waals surface area contributed by atoms with E-state index >= 15 is 0 Å². The third-order valence-electron chi connectivity index (χ3n) is 3.04. The molecule has 1 atom stereocenters. The number of carboxylic acid groups (broad SMARTS) is 1. The molecule has 1 aromatic carbocycles. The molecule has 0 fully saturated rings. The van der Waals surface area contributed by atoms with Gasteiger partial charge in [-0.05, 0) is 11.5 Å². The van der Waals surface area contributed by atoms with E-state index in [1.165, 1.54) is 6.07 Å². The summed E-state index contributed by atoms with van der Waals surface area (Å²) in [6, 6.07) is 6.00. The maximum atomic E-state index is 13.4. The highest BCUT2D eigenvalue weighted by Gasteiger charge is 2.30. The van der Waals surface area contributed by atoms with Gasteiger partial charge in [0.2, 0.25) is 0 Å². The van der Waals surface area contributed by atoms with E-state index in [0.717, 1.165) is 0 Å². The van der Waals surface area contributed by atoms with Crippen molar-refractivity contribution in [1.82, 2.24) is 10.6 Å². The van der Waals surface area contributed by atoms with Crippen LogP contribution in [0.2, 0.25) is 0 Å². The van der Waals surface area contributed by atoms with Gasteiger partial charge in [0.15, 0.2) is 0 Å². The Balaban J connectivity index is 2.31. The van der Waals surface area contributed by atoms with Crippen LogP contribution in [0.15, 0.2) is 24.3 Å². The number of aliphatic carboxylic acids is 1. The van der Waals surface area contributed by atoms with E-state index in [1.54, 1.807) is 18.2 Å². The Labute approximate surface area is 119 Å². The Kier molecular flexibility index (Phi) is 6.10. The van der Waals surface area contributed by atoms with E-state index < -0.39 is 12.0 Å². The molecule has 1 rings (SSSR count). The van der Waals surface area contributed by atoms with Crippen molar-refractivity contribution in [1.29, 1.82) is 0 Å². The van der Waals surface area contributed by atoms with Crippen molar-refractivity contribution >= 4 is 5.97 Å². The molecule has 3 N–H and O–H groups in total. The zero-order chi connectivity index (χ0) is 15.2. The van der Waals surface area contributed by atoms with Crippen LogP contribution < -0.4 is 10.6 Å². The standard InChI is InChI=1S/C15H23FN2O2/c1-15(2,3)13(14(19)20)18-9-8-17-10-11-6-4-5-7-12(11)16/h4-7,13,17-18H,8-10H2,1-3H3,(H,19,20)/t13-/m1/s1. The Morgan fingerprint density at radius 1 is 1.30 bits per heavy atom. The lowest BCUT2D eigenvalue weighted by Gasteiger charge is -2.28. The molecule has 0 aliphatic carbocycles. The number of nitrogens with one attached hydrogen (secondary N) is 2. The summed E-state index contributed by atoms with van der Waals surface area (Å²) < 4.78 is 13.4. The molecule has 0 radical (unpaired) electrons. The first-order chi connectivity index (χ1) is 9.32. The number of hydrogen-bond acceptors (Lipinski definition) is 3. The van der Waals surface area contributed by atoms with Crippen molar-refractivity contribution in [2.75, 3.05) is 13.1 Å². The third kappa shape index (κ3) is 5.27. The lowest BCUT2D eigenvalue weighted by Crippen LogP contribution is -2.48. The van der Waals surface area contributed by atoms with Gasteiger partial charge in [0, 0.05) is 25.2 Å². The lowest BCUT2D eigenvalue weighted by molar-refractivity contribution is -0.142. The Morgan fingerprint density at radius 3 is 2.50 bits per heavy atom. The van der Waals surface area contributed by atoms with Crippen LogP contribution in [0, 0.1) is 11.2 Å². The maximum absolute atomic E-state index is 13.4.